The van der Waals surface area contributed by atoms with Crippen LogP contribution in [0.25, 0.3) is 0 Å². The average molecular weight is 665 g/mol. The fourth-order valence-corrected chi connectivity index (χ4v) is 5.40. The van der Waals surface area contributed by atoms with Crippen molar-refractivity contribution in [1.29, 1.82) is 0 Å². The van der Waals surface area contributed by atoms with E-state index in [0.29, 0.717) is 32.7 Å². The van der Waals surface area contributed by atoms with Crippen molar-refractivity contribution in [2.45, 2.75) is 188 Å². The van der Waals surface area contributed by atoms with Gasteiger partial charge in [-0.05, 0) is 63.2 Å². The minimum atomic E-state index is -0.0851. The highest BCUT2D eigenvalue weighted by Gasteiger charge is 2.19. The van der Waals surface area contributed by atoms with Gasteiger partial charge in [0.2, 0.25) is 0 Å². The van der Waals surface area contributed by atoms with Crippen LogP contribution in [0.4, 0.5) is 0 Å². The Kier molecular flexibility index (Phi) is 33.0. The molecule has 0 aliphatic heterocycles. The third-order valence-electron chi connectivity index (χ3n) is 8.16. The van der Waals surface area contributed by atoms with Crippen molar-refractivity contribution >= 4 is 11.9 Å². The van der Waals surface area contributed by atoms with Crippen LogP contribution >= 0.6 is 0 Å². The van der Waals surface area contributed by atoms with Crippen molar-refractivity contribution in [1.82, 2.24) is 0 Å². The number of unbranched alkanes of at least 4 members (excludes halogenated alkanes) is 16. The second-order valence-electron chi connectivity index (χ2n) is 14.4. The van der Waals surface area contributed by atoms with Gasteiger partial charge in [-0.1, -0.05) is 136 Å². The fraction of sp³-hybridized carbons (Fsp3) is 0.854. The number of carbonyl (C=O) groups is 2. The van der Waals surface area contributed by atoms with Crippen molar-refractivity contribution < 1.29 is 28.5 Å². The highest BCUT2D eigenvalue weighted by Crippen LogP contribution is 2.23. The average Bonchev–Trinajstić information content (AvgIpc) is 3.03. The van der Waals surface area contributed by atoms with Crippen LogP contribution in [0.3, 0.4) is 0 Å². The second kappa shape index (κ2) is 34.2. The SMILES string of the molecule is CCCCCC/C=C\COC(=O)CCCCCCCOCC(CC(C)(C)C)OCCCCCCCC(=O)OC/C=C\CCCCCC. The Balaban J connectivity index is 3.77. The molecule has 0 aromatic heterocycles. The summed E-state index contributed by atoms with van der Waals surface area (Å²) in [6, 6.07) is 0. The molecule has 6 nitrogen and oxygen atoms in total. The molecule has 0 aliphatic carbocycles. The van der Waals surface area contributed by atoms with Gasteiger partial charge < -0.3 is 18.9 Å². The van der Waals surface area contributed by atoms with E-state index in [1.54, 1.807) is 0 Å². The maximum absolute atomic E-state index is 11.9. The van der Waals surface area contributed by atoms with E-state index < -0.39 is 0 Å². The van der Waals surface area contributed by atoms with Gasteiger partial charge in [0.05, 0.1) is 12.7 Å². The lowest BCUT2D eigenvalue weighted by Gasteiger charge is -2.26. The van der Waals surface area contributed by atoms with Gasteiger partial charge in [0, 0.05) is 26.1 Å². The molecule has 0 spiro atoms. The first-order chi connectivity index (χ1) is 22.8. The van der Waals surface area contributed by atoms with Crippen molar-refractivity contribution in [2.75, 3.05) is 33.0 Å². The van der Waals surface area contributed by atoms with Crippen molar-refractivity contribution in [3.8, 4) is 0 Å². The predicted octanol–water partition coefficient (Wildman–Crippen LogP) is 11.6. The van der Waals surface area contributed by atoms with Crippen molar-refractivity contribution in [3.63, 3.8) is 0 Å². The van der Waals surface area contributed by atoms with Gasteiger partial charge in [-0.2, -0.15) is 0 Å². The zero-order valence-electron chi connectivity index (χ0n) is 31.6. The number of hydrogen-bond acceptors (Lipinski definition) is 6. The third kappa shape index (κ3) is 37.0. The van der Waals surface area contributed by atoms with Gasteiger partial charge in [0.1, 0.15) is 13.2 Å². The number of hydrogen-bond donors (Lipinski definition) is 0. The van der Waals surface area contributed by atoms with E-state index in [1.807, 2.05) is 12.2 Å². The van der Waals surface area contributed by atoms with Crippen LogP contribution in [0.2, 0.25) is 0 Å². The van der Waals surface area contributed by atoms with Crippen LogP contribution in [0.5, 0.6) is 0 Å². The molecule has 0 radical (unpaired) electrons. The molecule has 1 unspecified atom stereocenters. The van der Waals surface area contributed by atoms with Crippen LogP contribution in [-0.2, 0) is 28.5 Å². The summed E-state index contributed by atoms with van der Waals surface area (Å²) in [4.78, 5) is 23.8. The van der Waals surface area contributed by atoms with E-state index in [0.717, 1.165) is 96.7 Å². The van der Waals surface area contributed by atoms with Crippen molar-refractivity contribution in [3.05, 3.63) is 24.3 Å². The summed E-state index contributed by atoms with van der Waals surface area (Å²) in [7, 11) is 0. The lowest BCUT2D eigenvalue weighted by atomic mass is 9.89. The molecule has 47 heavy (non-hydrogen) atoms. The summed E-state index contributed by atoms with van der Waals surface area (Å²) in [5.74, 6) is -0.170. The first-order valence-electron chi connectivity index (χ1n) is 19.6. The predicted molar refractivity (Wildman–Crippen MR) is 198 cm³/mol. The standard InChI is InChI=1S/C41H76O6/c1-6-8-10-12-14-21-28-34-46-39(42)30-24-18-16-20-26-32-44-37-38(36-41(3,4)5)45-33-27-23-17-19-25-31-40(43)47-35-29-22-15-13-11-9-7-2/h21-22,28-29,38H,6-20,23-27,30-37H2,1-5H3/b28-21-,29-22-. The maximum atomic E-state index is 11.9. The number of rotatable bonds is 34. The molecular weight excluding hydrogens is 588 g/mol. The minimum Gasteiger partial charge on any atom is -0.461 e. The zero-order valence-corrected chi connectivity index (χ0v) is 31.6. The Bertz CT molecular complexity index is 754. The molecular formula is C41H76O6. The van der Waals surface area contributed by atoms with Gasteiger partial charge in [-0.15, -0.1) is 0 Å². The molecule has 6 heteroatoms. The van der Waals surface area contributed by atoms with E-state index >= 15 is 0 Å². The molecule has 1 atom stereocenters. The number of allylic oxidation sites excluding steroid dienone is 2. The summed E-state index contributed by atoms with van der Waals surface area (Å²) in [5, 5.41) is 0. The largest absolute Gasteiger partial charge is 0.461 e. The molecule has 0 heterocycles. The number of esters is 2. The molecule has 0 saturated heterocycles. The summed E-state index contributed by atoms with van der Waals surface area (Å²) >= 11 is 0. The highest BCUT2D eigenvalue weighted by molar-refractivity contribution is 5.69. The van der Waals surface area contributed by atoms with Crippen LogP contribution < -0.4 is 0 Å². The van der Waals surface area contributed by atoms with Gasteiger partial charge in [-0.25, -0.2) is 0 Å². The summed E-state index contributed by atoms with van der Waals surface area (Å²) in [5.41, 5.74) is 0.193. The first kappa shape index (κ1) is 45.3. The van der Waals surface area contributed by atoms with Crippen LogP contribution in [0.15, 0.2) is 24.3 Å². The first-order valence-corrected chi connectivity index (χ1v) is 19.6. The fourth-order valence-electron chi connectivity index (χ4n) is 5.40. The van der Waals surface area contributed by atoms with Gasteiger partial charge in [0.15, 0.2) is 0 Å². The Morgan fingerprint density at radius 3 is 1.49 bits per heavy atom. The summed E-state index contributed by atoms with van der Waals surface area (Å²) in [6.07, 6.45) is 33.0. The Morgan fingerprint density at radius 1 is 0.553 bits per heavy atom. The van der Waals surface area contributed by atoms with Crippen LogP contribution in [-0.4, -0.2) is 51.1 Å². The zero-order chi connectivity index (χ0) is 34.7. The normalized spacial score (nSPS) is 12.7. The van der Waals surface area contributed by atoms with Crippen molar-refractivity contribution in [2.24, 2.45) is 5.41 Å². The Hall–Kier alpha value is -1.66. The minimum absolute atomic E-state index is 0.0850. The summed E-state index contributed by atoms with van der Waals surface area (Å²) in [6.45, 7) is 14.2. The molecule has 0 N–H and O–H groups in total. The summed E-state index contributed by atoms with van der Waals surface area (Å²) < 4.78 is 22.9. The van der Waals surface area contributed by atoms with E-state index in [1.165, 1.54) is 51.4 Å². The number of ether oxygens (including phenoxy) is 4. The monoisotopic (exact) mass is 665 g/mol. The second-order valence-corrected chi connectivity index (χ2v) is 14.4. The lowest BCUT2D eigenvalue weighted by molar-refractivity contribution is -0.143. The molecule has 0 aromatic rings. The molecule has 276 valence electrons. The van der Waals surface area contributed by atoms with Crippen LogP contribution in [0.1, 0.15) is 182 Å². The highest BCUT2D eigenvalue weighted by atomic mass is 16.5. The van der Waals surface area contributed by atoms with E-state index in [4.69, 9.17) is 18.9 Å². The third-order valence-corrected chi connectivity index (χ3v) is 8.16. The van der Waals surface area contributed by atoms with Gasteiger partial charge >= 0.3 is 11.9 Å². The molecule has 0 rings (SSSR count). The Morgan fingerprint density at radius 2 is 1.00 bits per heavy atom. The maximum Gasteiger partial charge on any atom is 0.306 e. The van der Waals surface area contributed by atoms with E-state index in [-0.39, 0.29) is 23.5 Å². The topological polar surface area (TPSA) is 71.1 Å². The van der Waals surface area contributed by atoms with Gasteiger partial charge in [-0.3, -0.25) is 9.59 Å². The van der Waals surface area contributed by atoms with E-state index in [9.17, 15) is 9.59 Å². The molecule has 0 fully saturated rings. The smallest absolute Gasteiger partial charge is 0.306 e. The van der Waals surface area contributed by atoms with Crippen LogP contribution in [0, 0.1) is 5.41 Å². The Labute approximate surface area is 291 Å². The quantitative estimate of drug-likeness (QED) is 0.0387. The molecule has 0 amide bonds. The van der Waals surface area contributed by atoms with E-state index in [2.05, 4.69) is 46.8 Å². The van der Waals surface area contributed by atoms with Gasteiger partial charge in [0.25, 0.3) is 0 Å². The lowest BCUT2D eigenvalue weighted by Crippen LogP contribution is -2.26. The number of carbonyl (C=O) groups excluding carboxylic acids is 2. The molecule has 0 aliphatic rings. The molecule has 0 bridgehead atoms. The molecule has 0 aromatic carbocycles. The molecule has 0 saturated carbocycles.